The first-order valence-corrected chi connectivity index (χ1v) is 11.7. The third kappa shape index (κ3) is 6.62. The van der Waals surface area contributed by atoms with E-state index in [0.717, 1.165) is 11.8 Å². The van der Waals surface area contributed by atoms with Crippen LogP contribution < -0.4 is 5.56 Å². The summed E-state index contributed by atoms with van der Waals surface area (Å²) < 4.78 is 28.1. The molecular formula is C17H25N3O6S2. The van der Waals surface area contributed by atoms with Gasteiger partial charge in [-0.15, -0.1) is 0 Å². The molecule has 1 unspecified atom stereocenters. The van der Waals surface area contributed by atoms with E-state index >= 15 is 0 Å². The van der Waals surface area contributed by atoms with Gasteiger partial charge in [0.15, 0.2) is 15.0 Å². The summed E-state index contributed by atoms with van der Waals surface area (Å²) in [5, 5.41) is 0.225. The van der Waals surface area contributed by atoms with Crippen molar-refractivity contribution >= 4 is 33.5 Å². The second-order valence-corrected chi connectivity index (χ2v) is 10.3. The molecule has 1 aliphatic rings. The van der Waals surface area contributed by atoms with E-state index in [2.05, 4.69) is 14.7 Å². The summed E-state index contributed by atoms with van der Waals surface area (Å²) in [5.74, 6) is -0.443. The lowest BCUT2D eigenvalue weighted by molar-refractivity contribution is -0.139. The Morgan fingerprint density at radius 2 is 2.14 bits per heavy atom. The number of H-pyrrole nitrogens is 1. The van der Waals surface area contributed by atoms with Crippen LogP contribution in [-0.2, 0) is 30.6 Å². The Balaban J connectivity index is 2.07. The Bertz CT molecular complexity index is 881. The molecule has 11 heteroatoms. The van der Waals surface area contributed by atoms with Gasteiger partial charge < -0.3 is 14.6 Å². The Morgan fingerprint density at radius 1 is 1.43 bits per heavy atom. The number of carbonyl (C=O) groups excluding carboxylic acids is 2. The van der Waals surface area contributed by atoms with E-state index < -0.39 is 21.4 Å². The Kier molecular flexibility index (Phi) is 7.64. The molecule has 0 aliphatic carbocycles. The minimum atomic E-state index is -3.11. The van der Waals surface area contributed by atoms with Crippen molar-refractivity contribution in [3.8, 4) is 0 Å². The first-order valence-electron chi connectivity index (χ1n) is 8.89. The summed E-state index contributed by atoms with van der Waals surface area (Å²) in [6.07, 6.45) is 0.302. The lowest BCUT2D eigenvalue weighted by Crippen LogP contribution is -2.44. The zero-order chi connectivity index (χ0) is 20.9. The van der Waals surface area contributed by atoms with E-state index in [4.69, 9.17) is 0 Å². The van der Waals surface area contributed by atoms with Crippen molar-refractivity contribution in [3.05, 3.63) is 22.1 Å². The number of methoxy groups -OCH3 is 1. The molecule has 1 saturated heterocycles. The quantitative estimate of drug-likeness (QED) is 0.353. The number of aromatic amines is 1. The van der Waals surface area contributed by atoms with Crippen LogP contribution >= 0.6 is 11.8 Å². The number of nitrogens with zero attached hydrogens (tertiary/aromatic N) is 2. The van der Waals surface area contributed by atoms with Gasteiger partial charge in [0.05, 0.1) is 36.5 Å². The average molecular weight is 432 g/mol. The summed E-state index contributed by atoms with van der Waals surface area (Å²) in [4.78, 5) is 44.2. The number of aromatic nitrogens is 2. The first kappa shape index (κ1) is 22.4. The van der Waals surface area contributed by atoms with E-state index in [1.54, 1.807) is 4.90 Å². The molecule has 0 spiro atoms. The topological polar surface area (TPSA) is 126 Å². The van der Waals surface area contributed by atoms with Gasteiger partial charge in [-0.2, -0.15) is 0 Å². The van der Waals surface area contributed by atoms with E-state index in [-0.39, 0.29) is 52.4 Å². The summed E-state index contributed by atoms with van der Waals surface area (Å²) >= 11 is 1.05. The highest BCUT2D eigenvalue weighted by atomic mass is 32.2. The van der Waals surface area contributed by atoms with Crippen molar-refractivity contribution in [1.82, 2.24) is 14.9 Å². The zero-order valence-corrected chi connectivity index (χ0v) is 17.8. The number of hydrogen-bond donors (Lipinski definition) is 1. The van der Waals surface area contributed by atoms with Crippen LogP contribution in [0, 0.1) is 5.92 Å². The minimum Gasteiger partial charge on any atom is -0.469 e. The lowest BCUT2D eigenvalue weighted by atomic mass is 10.1. The molecule has 1 aromatic rings. The summed E-state index contributed by atoms with van der Waals surface area (Å²) in [6.45, 7) is 4.39. The van der Waals surface area contributed by atoms with E-state index in [1.807, 2.05) is 13.8 Å². The molecule has 0 bridgehead atoms. The monoisotopic (exact) mass is 431 g/mol. The highest BCUT2D eigenvalue weighted by molar-refractivity contribution is 7.99. The fraction of sp³-hybridized carbons (Fsp3) is 0.647. The van der Waals surface area contributed by atoms with Crippen molar-refractivity contribution in [2.75, 3.05) is 30.9 Å². The fourth-order valence-corrected chi connectivity index (χ4v) is 5.46. The van der Waals surface area contributed by atoms with Gasteiger partial charge in [0.1, 0.15) is 0 Å². The summed E-state index contributed by atoms with van der Waals surface area (Å²) in [6, 6.07) is 0.884. The number of esters is 1. The first-order chi connectivity index (χ1) is 13.1. The summed E-state index contributed by atoms with van der Waals surface area (Å²) in [7, 11) is -1.86. The molecule has 28 heavy (non-hydrogen) atoms. The molecule has 1 fully saturated rings. The van der Waals surface area contributed by atoms with Crippen LogP contribution in [0.4, 0.5) is 0 Å². The Hall–Kier alpha value is -1.88. The van der Waals surface area contributed by atoms with Crippen molar-refractivity contribution in [2.24, 2.45) is 5.92 Å². The number of nitrogens with one attached hydrogen (secondary N) is 1. The van der Waals surface area contributed by atoms with Crippen molar-refractivity contribution < 1.29 is 22.7 Å². The number of amides is 1. The average Bonchev–Trinajstić information content (AvgIpc) is 2.96. The molecule has 1 atom stereocenters. The highest BCUT2D eigenvalue weighted by Gasteiger charge is 2.34. The second-order valence-electron chi connectivity index (χ2n) is 7.08. The van der Waals surface area contributed by atoms with Gasteiger partial charge in [0.2, 0.25) is 5.91 Å². The smallest absolute Gasteiger partial charge is 0.311 e. The van der Waals surface area contributed by atoms with Crippen LogP contribution in [-0.4, -0.2) is 72.1 Å². The Morgan fingerprint density at radius 3 is 2.71 bits per heavy atom. The van der Waals surface area contributed by atoms with Gasteiger partial charge in [-0.1, -0.05) is 25.6 Å². The van der Waals surface area contributed by atoms with E-state index in [9.17, 15) is 22.8 Å². The number of rotatable bonds is 8. The molecule has 1 amide bonds. The maximum Gasteiger partial charge on any atom is 0.311 e. The standard InChI is InChI=1S/C17H25N3O6S2/c1-11(2)8-20(13-4-5-28(24,25)10-13)15(22)9-27-17-18-12(6-14(21)19-17)7-16(23)26-3/h6,11,13H,4-5,7-10H2,1-3H3,(H,18,19,21). The second kappa shape index (κ2) is 9.55. The van der Waals surface area contributed by atoms with Gasteiger partial charge in [0, 0.05) is 18.7 Å². The fourth-order valence-electron chi connectivity index (χ4n) is 2.94. The molecule has 0 radical (unpaired) electrons. The number of hydrogen-bond acceptors (Lipinski definition) is 8. The molecular weight excluding hydrogens is 406 g/mol. The SMILES string of the molecule is COC(=O)Cc1cc(=O)[nH]c(SCC(=O)N(CC(C)C)C2CCS(=O)(=O)C2)n1. The third-order valence-corrected chi connectivity index (χ3v) is 6.80. The van der Waals surface area contributed by atoms with Crippen LogP contribution in [0.25, 0.3) is 0 Å². The van der Waals surface area contributed by atoms with Crippen LogP contribution in [0.5, 0.6) is 0 Å². The molecule has 2 rings (SSSR count). The molecule has 0 saturated carbocycles. The van der Waals surface area contributed by atoms with Crippen LogP contribution in [0.2, 0.25) is 0 Å². The zero-order valence-electron chi connectivity index (χ0n) is 16.1. The Labute approximate surface area is 168 Å². The maximum atomic E-state index is 12.8. The van der Waals surface area contributed by atoms with Gasteiger partial charge in [-0.25, -0.2) is 13.4 Å². The highest BCUT2D eigenvalue weighted by Crippen LogP contribution is 2.21. The van der Waals surface area contributed by atoms with Gasteiger partial charge in [-0.3, -0.25) is 14.4 Å². The molecule has 1 aliphatic heterocycles. The largest absolute Gasteiger partial charge is 0.469 e. The maximum absolute atomic E-state index is 12.8. The number of thioether (sulfide) groups is 1. The molecule has 156 valence electrons. The normalized spacial score (nSPS) is 18.2. The van der Waals surface area contributed by atoms with E-state index in [0.29, 0.717) is 13.0 Å². The van der Waals surface area contributed by atoms with Crippen molar-refractivity contribution in [1.29, 1.82) is 0 Å². The van der Waals surface area contributed by atoms with E-state index in [1.165, 1.54) is 13.2 Å². The van der Waals surface area contributed by atoms with Gasteiger partial charge in [0.25, 0.3) is 5.56 Å². The van der Waals surface area contributed by atoms with Crippen molar-refractivity contribution in [3.63, 3.8) is 0 Å². The van der Waals surface area contributed by atoms with Crippen LogP contribution in [0.3, 0.4) is 0 Å². The predicted octanol–water partition coefficient (Wildman–Crippen LogP) is 0.249. The number of sulfone groups is 1. The third-order valence-electron chi connectivity index (χ3n) is 4.19. The van der Waals surface area contributed by atoms with Crippen molar-refractivity contribution in [2.45, 2.75) is 37.9 Å². The lowest BCUT2D eigenvalue weighted by Gasteiger charge is -2.29. The summed E-state index contributed by atoms with van der Waals surface area (Å²) in [5.41, 5.74) is -0.170. The molecule has 9 nitrogen and oxygen atoms in total. The predicted molar refractivity (Wildman–Crippen MR) is 105 cm³/mol. The molecule has 0 aromatic carbocycles. The van der Waals surface area contributed by atoms with Gasteiger partial charge in [-0.05, 0) is 12.3 Å². The van der Waals surface area contributed by atoms with Gasteiger partial charge >= 0.3 is 5.97 Å². The molecule has 1 aromatic heterocycles. The number of carbonyl (C=O) groups is 2. The van der Waals surface area contributed by atoms with Crippen LogP contribution in [0.15, 0.2) is 16.0 Å². The molecule has 1 N–H and O–H groups in total. The number of ether oxygens (including phenoxy) is 1. The minimum absolute atomic E-state index is 0.00782. The van der Waals surface area contributed by atoms with Crippen LogP contribution in [0.1, 0.15) is 26.0 Å². The molecule has 2 heterocycles.